The van der Waals surface area contributed by atoms with Gasteiger partial charge in [-0.05, 0) is 64.5 Å². The molecule has 1 heterocycles. The summed E-state index contributed by atoms with van der Waals surface area (Å²) < 4.78 is 20.7. The molecular formula is C34H46O4Si2. The number of carbonyl (C=O) groups is 1. The van der Waals surface area contributed by atoms with Crippen LogP contribution in [0.2, 0.25) is 23.2 Å². The molecule has 40 heavy (non-hydrogen) atoms. The third-order valence-corrected chi connectivity index (χ3v) is 19.4. The summed E-state index contributed by atoms with van der Waals surface area (Å²) in [5.41, 5.74) is 0.314. The van der Waals surface area contributed by atoms with Gasteiger partial charge in [-0.1, -0.05) is 108 Å². The van der Waals surface area contributed by atoms with Gasteiger partial charge in [0.1, 0.15) is 11.5 Å². The highest BCUT2D eigenvalue weighted by atomic mass is 28.4. The highest BCUT2D eigenvalue weighted by molar-refractivity contribution is 6.99. The highest BCUT2D eigenvalue weighted by Gasteiger charge is 2.60. The molecule has 0 amide bonds. The summed E-state index contributed by atoms with van der Waals surface area (Å²) in [5, 5.41) is 2.28. The summed E-state index contributed by atoms with van der Waals surface area (Å²) in [6.07, 6.45) is 6.76. The van der Waals surface area contributed by atoms with Gasteiger partial charge >= 0.3 is 5.97 Å². The van der Waals surface area contributed by atoms with Crippen LogP contribution in [0.5, 0.6) is 0 Å². The number of allylic oxidation sites excluding steroid dienone is 2. The van der Waals surface area contributed by atoms with Crippen LogP contribution in [0.4, 0.5) is 0 Å². The zero-order valence-corrected chi connectivity index (χ0v) is 27.2. The monoisotopic (exact) mass is 574 g/mol. The maximum Gasteiger partial charge on any atom is 0.319 e. The predicted molar refractivity (Wildman–Crippen MR) is 168 cm³/mol. The van der Waals surface area contributed by atoms with Gasteiger partial charge in [0.15, 0.2) is 0 Å². The van der Waals surface area contributed by atoms with Crippen molar-refractivity contribution in [2.75, 3.05) is 6.61 Å². The number of benzene rings is 2. The lowest BCUT2D eigenvalue weighted by Crippen LogP contribution is -2.67. The quantitative estimate of drug-likeness (QED) is 0.172. The molecule has 3 atom stereocenters. The number of hydrogen-bond donors (Lipinski definition) is 0. The first-order valence-electron chi connectivity index (χ1n) is 15.2. The maximum atomic E-state index is 13.9. The van der Waals surface area contributed by atoms with E-state index in [0.717, 1.165) is 42.3 Å². The van der Waals surface area contributed by atoms with E-state index < -0.39 is 22.0 Å². The van der Waals surface area contributed by atoms with E-state index in [1.165, 1.54) is 10.4 Å². The lowest BCUT2D eigenvalue weighted by atomic mass is 9.74. The summed E-state index contributed by atoms with van der Waals surface area (Å²) >= 11 is 0. The minimum absolute atomic E-state index is 0.109. The van der Waals surface area contributed by atoms with Crippen LogP contribution in [0.3, 0.4) is 0 Å². The summed E-state index contributed by atoms with van der Waals surface area (Å²) in [5.74, 6) is 1.05. The van der Waals surface area contributed by atoms with Gasteiger partial charge in [0.2, 0.25) is 8.32 Å². The molecule has 0 saturated carbocycles. The van der Waals surface area contributed by atoms with Crippen LogP contribution in [0.15, 0.2) is 84.1 Å². The third kappa shape index (κ3) is 4.66. The van der Waals surface area contributed by atoms with E-state index in [4.69, 9.17) is 13.6 Å². The Kier molecular flexibility index (Phi) is 8.08. The summed E-state index contributed by atoms with van der Waals surface area (Å²) in [6, 6.07) is 24.6. The van der Waals surface area contributed by atoms with Crippen LogP contribution in [0.25, 0.3) is 0 Å². The average Bonchev–Trinajstić information content (AvgIpc) is 3.23. The molecular weight excluding hydrogens is 529 g/mol. The van der Waals surface area contributed by atoms with E-state index in [-0.39, 0.29) is 23.0 Å². The van der Waals surface area contributed by atoms with Crippen LogP contribution in [0, 0.1) is 11.3 Å². The van der Waals surface area contributed by atoms with Crippen molar-refractivity contribution < 1.29 is 18.4 Å². The van der Waals surface area contributed by atoms with Gasteiger partial charge in [0.05, 0.1) is 18.3 Å². The van der Waals surface area contributed by atoms with E-state index in [9.17, 15) is 4.79 Å². The number of hydrogen-bond acceptors (Lipinski definition) is 4. The average molecular weight is 575 g/mol. The Hall–Kier alpha value is -2.42. The second kappa shape index (κ2) is 11.1. The molecule has 5 rings (SSSR count). The first-order valence-corrected chi connectivity index (χ1v) is 19.7. The topological polar surface area (TPSA) is 44.8 Å². The molecule has 2 aliphatic carbocycles. The van der Waals surface area contributed by atoms with Gasteiger partial charge in [-0.15, -0.1) is 0 Å². The molecule has 0 unspecified atom stereocenters. The third-order valence-electron chi connectivity index (χ3n) is 9.93. The Morgan fingerprint density at radius 1 is 0.900 bits per heavy atom. The molecule has 1 fully saturated rings. The van der Waals surface area contributed by atoms with E-state index in [1.807, 2.05) is 0 Å². The first kappa shape index (κ1) is 29.1. The van der Waals surface area contributed by atoms with Gasteiger partial charge in [-0.2, -0.15) is 0 Å². The van der Waals surface area contributed by atoms with Crippen molar-refractivity contribution in [2.45, 2.75) is 90.1 Å². The molecule has 6 heteroatoms. The highest BCUT2D eigenvalue weighted by Crippen LogP contribution is 2.54. The number of esters is 1. The second-order valence-corrected chi connectivity index (χ2v) is 21.9. The fraction of sp³-hybridized carbons (Fsp3) is 0.500. The molecule has 1 saturated heterocycles. The first-order chi connectivity index (χ1) is 19.2. The Balaban J connectivity index is 1.58. The van der Waals surface area contributed by atoms with Crippen molar-refractivity contribution in [1.82, 2.24) is 0 Å². The van der Waals surface area contributed by atoms with Gasteiger partial charge in [-0.25, -0.2) is 0 Å². The fourth-order valence-corrected chi connectivity index (χ4v) is 14.6. The minimum atomic E-state index is -2.82. The largest absolute Gasteiger partial charge is 0.546 e. The Labute approximate surface area is 243 Å². The Morgan fingerprint density at radius 2 is 1.48 bits per heavy atom. The van der Waals surface area contributed by atoms with Gasteiger partial charge in [0.25, 0.3) is 8.32 Å². The van der Waals surface area contributed by atoms with Crippen LogP contribution >= 0.6 is 0 Å². The van der Waals surface area contributed by atoms with Crippen LogP contribution in [0.1, 0.15) is 60.8 Å². The standard InChI is InChI=1S/C34H46O4Si2/c1-7-39(8-2,9-3)38-30-23-24-34(29-22-16-21-28(30)31(29)37-32(34)35)25-36-40(33(4,5)6,26-17-12-10-13-18-26)27-19-14-11-15-20-27/h10-15,17-20,22-23,28,31H,7-9,16,21,24-25H2,1-6H3/t28-,31-,34-/m0/s1. The Morgan fingerprint density at radius 3 is 2.00 bits per heavy atom. The molecule has 4 nitrogen and oxygen atoms in total. The molecule has 4 bridgehead atoms. The molecule has 214 valence electrons. The van der Waals surface area contributed by atoms with Crippen LogP contribution < -0.4 is 10.4 Å². The Bertz CT molecular complexity index is 1210. The normalized spacial score (nSPS) is 24.6. The zero-order chi connectivity index (χ0) is 28.6. The molecule has 2 aromatic carbocycles. The smallest absolute Gasteiger partial charge is 0.319 e. The lowest BCUT2D eigenvalue weighted by Gasteiger charge is -2.44. The van der Waals surface area contributed by atoms with Crippen molar-refractivity contribution in [3.05, 3.63) is 84.1 Å². The van der Waals surface area contributed by atoms with Crippen molar-refractivity contribution in [1.29, 1.82) is 0 Å². The lowest BCUT2D eigenvalue weighted by molar-refractivity contribution is -0.151. The summed E-state index contributed by atoms with van der Waals surface area (Å²) in [7, 11) is -4.68. The molecule has 0 spiro atoms. The summed E-state index contributed by atoms with van der Waals surface area (Å²) in [4.78, 5) is 13.9. The van der Waals surface area contributed by atoms with Crippen molar-refractivity contribution >= 4 is 33.0 Å². The summed E-state index contributed by atoms with van der Waals surface area (Å²) in [6.45, 7) is 14.0. The van der Waals surface area contributed by atoms with E-state index in [2.05, 4.69) is 114 Å². The molecule has 0 radical (unpaired) electrons. The van der Waals surface area contributed by atoms with Crippen molar-refractivity contribution in [3.63, 3.8) is 0 Å². The maximum absolute atomic E-state index is 13.9. The van der Waals surface area contributed by atoms with E-state index in [0.29, 0.717) is 13.0 Å². The number of rotatable bonds is 10. The van der Waals surface area contributed by atoms with Crippen molar-refractivity contribution in [3.8, 4) is 0 Å². The molecule has 0 N–H and O–H groups in total. The van der Waals surface area contributed by atoms with Crippen LogP contribution in [-0.2, 0) is 18.4 Å². The molecule has 0 aromatic heterocycles. The van der Waals surface area contributed by atoms with Gasteiger partial charge < -0.3 is 13.6 Å². The number of ether oxygens (including phenoxy) is 1. The van der Waals surface area contributed by atoms with Crippen molar-refractivity contribution in [2.24, 2.45) is 11.3 Å². The molecule has 2 aromatic rings. The van der Waals surface area contributed by atoms with Gasteiger partial charge in [0, 0.05) is 0 Å². The molecule has 3 aliphatic rings. The van der Waals surface area contributed by atoms with E-state index in [1.54, 1.807) is 0 Å². The SMILES string of the molecule is CC[Si](CC)(CC)OC1=CC[C@@]2(CO[Si](c3ccccc3)(c3ccccc3)C(C)(C)C)C(=O)O[C@@H]3C2=CCC[C@@H]13. The zero-order valence-electron chi connectivity index (χ0n) is 25.2. The van der Waals surface area contributed by atoms with E-state index >= 15 is 0 Å². The van der Waals surface area contributed by atoms with Gasteiger partial charge in [-0.3, -0.25) is 4.79 Å². The molecule has 1 aliphatic heterocycles. The number of carbonyl (C=O) groups excluding carboxylic acids is 1. The predicted octanol–water partition coefficient (Wildman–Crippen LogP) is 7.12. The minimum Gasteiger partial charge on any atom is -0.546 e. The second-order valence-electron chi connectivity index (χ2n) is 12.9. The fourth-order valence-electron chi connectivity index (χ4n) is 7.31. The van der Waals surface area contributed by atoms with Crippen LogP contribution in [-0.4, -0.2) is 35.3 Å².